The average molecular weight is 186 g/mol. The van der Waals surface area contributed by atoms with Gasteiger partial charge in [-0.1, -0.05) is 26.7 Å². The van der Waals surface area contributed by atoms with Crippen molar-refractivity contribution < 1.29 is 0 Å². The molecule has 0 aromatic rings. The van der Waals surface area contributed by atoms with Crippen molar-refractivity contribution in [1.29, 1.82) is 0 Å². The highest BCUT2D eigenvalue weighted by atomic mass is 15.1. The molecule has 0 atom stereocenters. The highest BCUT2D eigenvalue weighted by Gasteiger charge is 1.99. The smallest absolute Gasteiger partial charge is 0.00188 e. The van der Waals surface area contributed by atoms with E-state index in [-0.39, 0.29) is 0 Å². The largest absolute Gasteiger partial charge is 0.330 e. The highest BCUT2D eigenvalue weighted by molar-refractivity contribution is 4.55. The van der Waals surface area contributed by atoms with Crippen LogP contribution >= 0.6 is 0 Å². The molecule has 0 heterocycles. The maximum Gasteiger partial charge on any atom is -0.00188 e. The van der Waals surface area contributed by atoms with Gasteiger partial charge in [0.2, 0.25) is 0 Å². The number of nitrogens with zero attached hydrogens (tertiary/aromatic N) is 1. The molecule has 0 saturated carbocycles. The van der Waals surface area contributed by atoms with Crippen molar-refractivity contribution in [2.75, 3.05) is 26.2 Å². The average Bonchev–Trinajstić information content (AvgIpc) is 2.17. The fourth-order valence-electron chi connectivity index (χ4n) is 1.47. The first-order valence-corrected chi connectivity index (χ1v) is 5.77. The Labute approximate surface area is 83.5 Å². The van der Waals surface area contributed by atoms with E-state index in [1.54, 1.807) is 0 Å². The SMILES string of the molecule is CCCCN(CC)CCCCCN. The molecule has 2 N–H and O–H groups in total. The zero-order chi connectivity index (χ0) is 9.94. The predicted molar refractivity (Wildman–Crippen MR) is 59.9 cm³/mol. The normalized spacial score (nSPS) is 11.1. The molecule has 0 aliphatic carbocycles. The molecule has 0 fully saturated rings. The zero-order valence-electron chi connectivity index (χ0n) is 9.39. The standard InChI is InChI=1S/C11H26N2/c1-3-5-10-13(4-2)11-8-6-7-9-12/h3-12H2,1-2H3. The van der Waals surface area contributed by atoms with Crippen molar-refractivity contribution in [1.82, 2.24) is 4.90 Å². The van der Waals surface area contributed by atoms with Crippen molar-refractivity contribution in [3.63, 3.8) is 0 Å². The predicted octanol–water partition coefficient (Wildman–Crippen LogP) is 2.24. The first-order chi connectivity index (χ1) is 6.35. The minimum absolute atomic E-state index is 0.848. The van der Waals surface area contributed by atoms with Gasteiger partial charge in [0.1, 0.15) is 0 Å². The first kappa shape index (κ1) is 12.9. The van der Waals surface area contributed by atoms with Gasteiger partial charge in [-0.05, 0) is 45.4 Å². The number of nitrogens with two attached hydrogens (primary N) is 1. The van der Waals surface area contributed by atoms with E-state index in [1.165, 1.54) is 51.7 Å². The monoisotopic (exact) mass is 186 g/mol. The van der Waals surface area contributed by atoms with Crippen LogP contribution in [0.5, 0.6) is 0 Å². The molecule has 0 radical (unpaired) electrons. The van der Waals surface area contributed by atoms with Gasteiger partial charge in [-0.3, -0.25) is 0 Å². The first-order valence-electron chi connectivity index (χ1n) is 5.77. The maximum absolute atomic E-state index is 5.44. The highest BCUT2D eigenvalue weighted by Crippen LogP contribution is 2.00. The molecule has 0 aliphatic heterocycles. The second kappa shape index (κ2) is 10.0. The van der Waals surface area contributed by atoms with Crippen molar-refractivity contribution in [3.05, 3.63) is 0 Å². The van der Waals surface area contributed by atoms with E-state index in [0.717, 1.165) is 6.54 Å². The Morgan fingerprint density at radius 3 is 2.15 bits per heavy atom. The van der Waals surface area contributed by atoms with E-state index in [4.69, 9.17) is 5.73 Å². The second-order valence-corrected chi connectivity index (χ2v) is 3.64. The summed E-state index contributed by atoms with van der Waals surface area (Å²) in [4.78, 5) is 2.54. The van der Waals surface area contributed by atoms with Crippen LogP contribution in [0.15, 0.2) is 0 Å². The maximum atomic E-state index is 5.44. The van der Waals surface area contributed by atoms with Crippen LogP contribution in [0, 0.1) is 0 Å². The molecule has 13 heavy (non-hydrogen) atoms. The quantitative estimate of drug-likeness (QED) is 0.560. The van der Waals surface area contributed by atoms with Crippen LogP contribution in [-0.2, 0) is 0 Å². The summed E-state index contributed by atoms with van der Waals surface area (Å²) in [5, 5.41) is 0. The molecule has 0 aliphatic rings. The molecular formula is C11H26N2. The summed E-state index contributed by atoms with van der Waals surface area (Å²) in [5.74, 6) is 0. The van der Waals surface area contributed by atoms with Gasteiger partial charge in [0, 0.05) is 0 Å². The summed E-state index contributed by atoms with van der Waals surface area (Å²) in [6, 6.07) is 0. The topological polar surface area (TPSA) is 29.3 Å². The molecule has 0 bridgehead atoms. The molecular weight excluding hydrogens is 160 g/mol. The summed E-state index contributed by atoms with van der Waals surface area (Å²) >= 11 is 0. The lowest BCUT2D eigenvalue weighted by molar-refractivity contribution is 0.277. The number of hydrogen-bond acceptors (Lipinski definition) is 2. The molecule has 2 heteroatoms. The van der Waals surface area contributed by atoms with Crippen LogP contribution in [-0.4, -0.2) is 31.1 Å². The van der Waals surface area contributed by atoms with Gasteiger partial charge in [-0.2, -0.15) is 0 Å². The Kier molecular flexibility index (Phi) is 9.94. The molecule has 0 aromatic heterocycles. The zero-order valence-corrected chi connectivity index (χ0v) is 9.39. The lowest BCUT2D eigenvalue weighted by Gasteiger charge is -2.19. The fourth-order valence-corrected chi connectivity index (χ4v) is 1.47. The number of rotatable bonds is 9. The molecule has 0 aromatic carbocycles. The summed E-state index contributed by atoms with van der Waals surface area (Å²) in [6.45, 7) is 9.08. The van der Waals surface area contributed by atoms with Crippen LogP contribution in [0.25, 0.3) is 0 Å². The molecule has 0 rings (SSSR count). The second-order valence-electron chi connectivity index (χ2n) is 3.64. The van der Waals surface area contributed by atoms with E-state index in [2.05, 4.69) is 18.7 Å². The Bertz CT molecular complexity index is 94.1. The minimum Gasteiger partial charge on any atom is -0.330 e. The van der Waals surface area contributed by atoms with E-state index >= 15 is 0 Å². The molecule has 80 valence electrons. The van der Waals surface area contributed by atoms with Crippen LogP contribution in [0.1, 0.15) is 46.0 Å². The van der Waals surface area contributed by atoms with Gasteiger partial charge in [-0.15, -0.1) is 0 Å². The van der Waals surface area contributed by atoms with Gasteiger partial charge in [-0.25, -0.2) is 0 Å². The molecule has 2 nitrogen and oxygen atoms in total. The van der Waals surface area contributed by atoms with Crippen molar-refractivity contribution in [3.8, 4) is 0 Å². The fraction of sp³-hybridized carbons (Fsp3) is 1.00. The van der Waals surface area contributed by atoms with Crippen molar-refractivity contribution in [2.24, 2.45) is 5.73 Å². The van der Waals surface area contributed by atoms with Crippen LogP contribution in [0.3, 0.4) is 0 Å². The third-order valence-electron chi connectivity index (χ3n) is 2.45. The summed E-state index contributed by atoms with van der Waals surface area (Å²) in [6.07, 6.45) is 6.43. The Morgan fingerprint density at radius 1 is 0.923 bits per heavy atom. The van der Waals surface area contributed by atoms with Gasteiger partial charge in [0.15, 0.2) is 0 Å². The lowest BCUT2D eigenvalue weighted by Crippen LogP contribution is -2.25. The molecule has 0 saturated heterocycles. The molecule has 0 amide bonds. The van der Waals surface area contributed by atoms with E-state index in [1.807, 2.05) is 0 Å². The van der Waals surface area contributed by atoms with Gasteiger partial charge in [0.25, 0.3) is 0 Å². The molecule has 0 spiro atoms. The number of unbranched alkanes of at least 4 members (excludes halogenated alkanes) is 3. The summed E-state index contributed by atoms with van der Waals surface area (Å²) in [7, 11) is 0. The van der Waals surface area contributed by atoms with Crippen molar-refractivity contribution in [2.45, 2.75) is 46.0 Å². The minimum atomic E-state index is 0.848. The van der Waals surface area contributed by atoms with E-state index in [0.29, 0.717) is 0 Å². The molecule has 0 unspecified atom stereocenters. The third-order valence-corrected chi connectivity index (χ3v) is 2.45. The van der Waals surface area contributed by atoms with Gasteiger partial charge < -0.3 is 10.6 Å². The van der Waals surface area contributed by atoms with Crippen molar-refractivity contribution >= 4 is 0 Å². The Morgan fingerprint density at radius 2 is 1.62 bits per heavy atom. The third kappa shape index (κ3) is 8.26. The van der Waals surface area contributed by atoms with Gasteiger partial charge in [0.05, 0.1) is 0 Å². The van der Waals surface area contributed by atoms with Crippen LogP contribution < -0.4 is 5.73 Å². The van der Waals surface area contributed by atoms with E-state index < -0.39 is 0 Å². The van der Waals surface area contributed by atoms with E-state index in [9.17, 15) is 0 Å². The summed E-state index contributed by atoms with van der Waals surface area (Å²) < 4.78 is 0. The Balaban J connectivity index is 3.25. The number of hydrogen-bond donors (Lipinski definition) is 1. The lowest BCUT2D eigenvalue weighted by atomic mass is 10.2. The van der Waals surface area contributed by atoms with Gasteiger partial charge >= 0.3 is 0 Å². The summed E-state index contributed by atoms with van der Waals surface area (Å²) in [5.41, 5.74) is 5.44. The van der Waals surface area contributed by atoms with Crippen LogP contribution in [0.2, 0.25) is 0 Å². The van der Waals surface area contributed by atoms with Crippen LogP contribution in [0.4, 0.5) is 0 Å². The Hall–Kier alpha value is -0.0800.